The fourth-order valence-electron chi connectivity index (χ4n) is 5.53. The normalized spacial score (nSPS) is 19.8. The molecule has 10 heteroatoms. The van der Waals surface area contributed by atoms with E-state index in [9.17, 15) is 14.7 Å². The molecule has 2 amide bonds. The topological polar surface area (TPSA) is 129 Å². The van der Waals surface area contributed by atoms with Crippen molar-refractivity contribution in [2.45, 2.75) is 53.6 Å². The molecule has 2 fully saturated rings. The molecule has 5 N–H and O–H groups in total. The van der Waals surface area contributed by atoms with Gasteiger partial charge in [0.05, 0.1) is 30.6 Å². The van der Waals surface area contributed by atoms with Crippen molar-refractivity contribution < 1.29 is 19.4 Å². The number of para-hydroxylation sites is 2. The van der Waals surface area contributed by atoms with Gasteiger partial charge in [-0.25, -0.2) is 9.59 Å². The van der Waals surface area contributed by atoms with E-state index in [1.54, 1.807) is 4.90 Å². The molecular formula is C31H48N6O4. The van der Waals surface area contributed by atoms with Crippen molar-refractivity contribution in [2.24, 2.45) is 10.8 Å². The number of rotatable bonds is 2. The molecule has 0 radical (unpaired) electrons. The second-order valence-corrected chi connectivity index (χ2v) is 12.9. The molecule has 4 rings (SSSR count). The van der Waals surface area contributed by atoms with Gasteiger partial charge in [0.2, 0.25) is 0 Å². The van der Waals surface area contributed by atoms with E-state index in [2.05, 4.69) is 51.3 Å². The van der Waals surface area contributed by atoms with Crippen molar-refractivity contribution in [2.75, 3.05) is 67.6 Å². The van der Waals surface area contributed by atoms with Gasteiger partial charge in [0, 0.05) is 50.6 Å². The number of anilines is 4. The van der Waals surface area contributed by atoms with Crippen LogP contribution in [0.4, 0.5) is 32.3 Å². The average molecular weight is 569 g/mol. The first-order chi connectivity index (χ1) is 19.1. The van der Waals surface area contributed by atoms with Gasteiger partial charge < -0.3 is 40.9 Å². The number of amides is 2. The molecule has 10 nitrogen and oxygen atoms in total. The minimum Gasteiger partial charge on any atom is -0.465 e. The Bertz CT molecular complexity index is 1170. The lowest BCUT2D eigenvalue weighted by Gasteiger charge is -2.47. The van der Waals surface area contributed by atoms with Crippen molar-refractivity contribution in [3.63, 3.8) is 0 Å². The summed E-state index contributed by atoms with van der Waals surface area (Å²) in [6.45, 7) is 16.8. The summed E-state index contributed by atoms with van der Waals surface area (Å²) in [6, 6.07) is 15.7. The number of carbonyl (C=O) groups is 2. The first-order valence-electron chi connectivity index (χ1n) is 14.2. The number of methoxy groups -OCH3 is 1. The Balaban J connectivity index is 0.000000226. The average Bonchev–Trinajstić information content (AvgIpc) is 2.92. The summed E-state index contributed by atoms with van der Waals surface area (Å²) < 4.78 is 4.92. The van der Waals surface area contributed by atoms with Crippen LogP contribution in [0.1, 0.15) is 41.5 Å². The molecule has 2 aliphatic heterocycles. The van der Waals surface area contributed by atoms with Crippen LogP contribution in [0, 0.1) is 10.8 Å². The molecule has 0 bridgehead atoms. The fraction of sp³-hybridized carbons (Fsp3) is 0.548. The number of piperazine rings is 2. The Labute approximate surface area is 244 Å². The number of nitrogens with zero attached hydrogens (tertiary/aromatic N) is 4. The zero-order valence-electron chi connectivity index (χ0n) is 25.6. The molecule has 2 atom stereocenters. The zero-order chi connectivity index (χ0) is 30.5. The van der Waals surface area contributed by atoms with Crippen LogP contribution in [0.3, 0.4) is 0 Å². The summed E-state index contributed by atoms with van der Waals surface area (Å²) in [5, 5.41) is 9.36. The van der Waals surface area contributed by atoms with Gasteiger partial charge in [-0.3, -0.25) is 0 Å². The summed E-state index contributed by atoms with van der Waals surface area (Å²) in [5.41, 5.74) is 15.3. The lowest BCUT2D eigenvalue weighted by Crippen LogP contribution is -2.59. The monoisotopic (exact) mass is 568 g/mol. The number of hydrogen-bond acceptors (Lipinski definition) is 7. The number of nitrogen functional groups attached to an aromatic ring is 2. The molecule has 0 saturated carbocycles. The third-order valence-corrected chi connectivity index (χ3v) is 7.95. The number of ether oxygens (including phenoxy) is 1. The second-order valence-electron chi connectivity index (χ2n) is 12.9. The highest BCUT2D eigenvalue weighted by molar-refractivity contribution is 5.71. The molecule has 2 aromatic carbocycles. The number of carboxylic acid groups (broad SMARTS) is 1. The van der Waals surface area contributed by atoms with Crippen LogP contribution in [-0.2, 0) is 4.74 Å². The molecular weight excluding hydrogens is 520 g/mol. The maximum absolute atomic E-state index is 12.0. The van der Waals surface area contributed by atoms with E-state index in [-0.39, 0.29) is 29.0 Å². The molecule has 2 heterocycles. The van der Waals surface area contributed by atoms with E-state index < -0.39 is 6.09 Å². The van der Waals surface area contributed by atoms with Crippen molar-refractivity contribution in [1.29, 1.82) is 0 Å². The first-order valence-corrected chi connectivity index (χ1v) is 14.2. The van der Waals surface area contributed by atoms with Crippen LogP contribution < -0.4 is 21.3 Å². The summed E-state index contributed by atoms with van der Waals surface area (Å²) in [5.74, 6) is 0. The maximum Gasteiger partial charge on any atom is 0.409 e. The van der Waals surface area contributed by atoms with Gasteiger partial charge in [-0.15, -0.1) is 0 Å². The van der Waals surface area contributed by atoms with E-state index in [0.717, 1.165) is 35.8 Å². The van der Waals surface area contributed by atoms with Crippen LogP contribution >= 0.6 is 0 Å². The summed E-state index contributed by atoms with van der Waals surface area (Å²) in [4.78, 5) is 31.3. The first kappa shape index (κ1) is 31.7. The van der Waals surface area contributed by atoms with Gasteiger partial charge in [-0.2, -0.15) is 0 Å². The van der Waals surface area contributed by atoms with Gasteiger partial charge in [-0.05, 0) is 47.2 Å². The highest BCUT2D eigenvalue weighted by Gasteiger charge is 2.39. The van der Waals surface area contributed by atoms with Crippen LogP contribution in [0.25, 0.3) is 0 Å². The third kappa shape index (κ3) is 7.89. The summed E-state index contributed by atoms with van der Waals surface area (Å²) >= 11 is 0. The van der Waals surface area contributed by atoms with E-state index in [1.165, 1.54) is 7.11 Å². The molecule has 41 heavy (non-hydrogen) atoms. The van der Waals surface area contributed by atoms with Crippen LogP contribution in [-0.4, -0.2) is 85.6 Å². The zero-order valence-corrected chi connectivity index (χ0v) is 25.6. The molecule has 0 aliphatic carbocycles. The maximum atomic E-state index is 12.0. The highest BCUT2D eigenvalue weighted by atomic mass is 16.5. The second kappa shape index (κ2) is 12.8. The predicted octanol–water partition coefficient (Wildman–Crippen LogP) is 5.06. The lowest BCUT2D eigenvalue weighted by atomic mass is 9.84. The molecule has 2 unspecified atom stereocenters. The Morgan fingerprint density at radius 3 is 1.83 bits per heavy atom. The van der Waals surface area contributed by atoms with E-state index >= 15 is 0 Å². The van der Waals surface area contributed by atoms with Crippen LogP contribution in [0.2, 0.25) is 0 Å². The molecule has 226 valence electrons. The van der Waals surface area contributed by atoms with E-state index in [0.29, 0.717) is 26.2 Å². The van der Waals surface area contributed by atoms with Crippen LogP contribution in [0.15, 0.2) is 48.5 Å². The Morgan fingerprint density at radius 1 is 0.780 bits per heavy atom. The van der Waals surface area contributed by atoms with Crippen molar-refractivity contribution in [3.8, 4) is 0 Å². The standard InChI is InChI=1S/C16H25N3O2.C15H23N3O2/c1-16(2,3)14-11-18(9-10-19(14)15(20)21-4)13-8-6-5-7-12(13)17;1-15(2,3)13-10-17(8-9-18(13)14(19)20)12-6-4-11(16)5-7-12/h5-8,14H,9-11,17H2,1-4H3;4-7,13H,8-10,16H2,1-3H3,(H,19,20). The van der Waals surface area contributed by atoms with Gasteiger partial charge in [-0.1, -0.05) is 53.7 Å². The molecule has 2 aromatic rings. The SMILES string of the molecule is CC(C)(C)C1CN(c2ccc(N)cc2)CCN1C(=O)O.COC(=O)N1CCN(c2ccccc2N)CC1C(C)(C)C. The van der Waals surface area contributed by atoms with E-state index in [1.807, 2.05) is 53.4 Å². The molecule has 2 saturated heterocycles. The Morgan fingerprint density at radius 2 is 1.29 bits per heavy atom. The fourth-order valence-corrected chi connectivity index (χ4v) is 5.53. The van der Waals surface area contributed by atoms with Crippen molar-refractivity contribution in [3.05, 3.63) is 48.5 Å². The minimum absolute atomic E-state index is 0.0219. The number of nitrogens with two attached hydrogens (primary N) is 2. The smallest absolute Gasteiger partial charge is 0.409 e. The molecule has 0 aromatic heterocycles. The summed E-state index contributed by atoms with van der Waals surface area (Å²) in [7, 11) is 1.43. The van der Waals surface area contributed by atoms with E-state index in [4.69, 9.17) is 16.2 Å². The minimum atomic E-state index is -0.832. The van der Waals surface area contributed by atoms with Gasteiger partial charge in [0.25, 0.3) is 0 Å². The number of hydrogen-bond donors (Lipinski definition) is 3. The van der Waals surface area contributed by atoms with Gasteiger partial charge in [0.15, 0.2) is 0 Å². The van der Waals surface area contributed by atoms with Gasteiger partial charge >= 0.3 is 12.2 Å². The Kier molecular flexibility index (Phi) is 9.89. The van der Waals surface area contributed by atoms with Gasteiger partial charge in [0.1, 0.15) is 0 Å². The largest absolute Gasteiger partial charge is 0.465 e. The Hall–Kier alpha value is -3.82. The highest BCUT2D eigenvalue weighted by Crippen LogP contribution is 2.33. The van der Waals surface area contributed by atoms with Crippen molar-refractivity contribution >= 4 is 34.9 Å². The third-order valence-electron chi connectivity index (χ3n) is 7.95. The molecule has 0 spiro atoms. The predicted molar refractivity (Wildman–Crippen MR) is 166 cm³/mol. The number of carbonyl (C=O) groups excluding carboxylic acids is 1. The van der Waals surface area contributed by atoms with Crippen molar-refractivity contribution in [1.82, 2.24) is 9.80 Å². The quantitative estimate of drug-likeness (QED) is 0.429. The number of benzene rings is 2. The van der Waals surface area contributed by atoms with Crippen LogP contribution in [0.5, 0.6) is 0 Å². The summed E-state index contributed by atoms with van der Waals surface area (Å²) in [6.07, 6.45) is -1.09. The molecule has 2 aliphatic rings. The lowest BCUT2D eigenvalue weighted by molar-refractivity contribution is 0.0628.